The van der Waals surface area contributed by atoms with E-state index >= 15 is 0 Å². The molecule has 0 fully saturated rings. The first-order chi connectivity index (χ1) is 7.99. The van der Waals surface area contributed by atoms with Gasteiger partial charge in [0, 0.05) is 18.8 Å². The van der Waals surface area contributed by atoms with Gasteiger partial charge in [-0.1, -0.05) is 0 Å². The molecule has 1 unspecified atom stereocenters. The zero-order valence-electron chi connectivity index (χ0n) is 9.56. The Kier molecular flexibility index (Phi) is 2.72. The molecule has 1 amide bonds. The van der Waals surface area contributed by atoms with Gasteiger partial charge in [0.05, 0.1) is 11.6 Å². The number of hydrogen-bond acceptors (Lipinski definition) is 4. The fourth-order valence-electron chi connectivity index (χ4n) is 1.58. The first kappa shape index (κ1) is 11.4. The summed E-state index contributed by atoms with van der Waals surface area (Å²) in [4.78, 5) is 26.6. The van der Waals surface area contributed by atoms with E-state index in [2.05, 4.69) is 4.98 Å². The van der Waals surface area contributed by atoms with Crippen LogP contribution in [-0.4, -0.2) is 24.0 Å². The standard InChI is InChI=1S/C11H13N3O3/c1-6(12)10(15)14(2)7-3-4-8-9(5-7)17-11(16)13-8/h3-6H,12H2,1-2H3,(H,13,16). The summed E-state index contributed by atoms with van der Waals surface area (Å²) in [5.74, 6) is -0.722. The summed E-state index contributed by atoms with van der Waals surface area (Å²) < 4.78 is 4.92. The summed E-state index contributed by atoms with van der Waals surface area (Å²) >= 11 is 0. The number of nitrogens with one attached hydrogen (secondary N) is 1. The van der Waals surface area contributed by atoms with Crippen molar-refractivity contribution in [2.24, 2.45) is 5.73 Å². The van der Waals surface area contributed by atoms with Crippen LogP contribution in [0.25, 0.3) is 11.1 Å². The number of benzene rings is 1. The number of likely N-dealkylation sites (N-methyl/N-ethyl adjacent to an activating group) is 1. The second kappa shape index (κ2) is 4.06. The molecule has 1 heterocycles. The molecule has 0 spiro atoms. The van der Waals surface area contributed by atoms with Gasteiger partial charge >= 0.3 is 5.76 Å². The predicted molar refractivity (Wildman–Crippen MR) is 63.9 cm³/mol. The number of aromatic nitrogens is 1. The van der Waals surface area contributed by atoms with E-state index in [1.54, 1.807) is 32.2 Å². The van der Waals surface area contributed by atoms with Crippen molar-refractivity contribution in [3.8, 4) is 0 Å². The van der Waals surface area contributed by atoms with E-state index in [0.717, 1.165) is 0 Å². The Morgan fingerprint density at radius 3 is 2.88 bits per heavy atom. The molecule has 90 valence electrons. The predicted octanol–water partition coefficient (Wildman–Crippen LogP) is 0.431. The Hall–Kier alpha value is -2.08. The maximum absolute atomic E-state index is 11.7. The zero-order valence-corrected chi connectivity index (χ0v) is 9.56. The minimum Gasteiger partial charge on any atom is -0.408 e. The lowest BCUT2D eigenvalue weighted by Crippen LogP contribution is -2.39. The Bertz CT molecular complexity index is 612. The van der Waals surface area contributed by atoms with Crippen LogP contribution in [0.4, 0.5) is 5.69 Å². The van der Waals surface area contributed by atoms with E-state index in [4.69, 9.17) is 10.2 Å². The fraction of sp³-hybridized carbons (Fsp3) is 0.273. The molecule has 1 aromatic carbocycles. The highest BCUT2D eigenvalue weighted by atomic mass is 16.4. The summed E-state index contributed by atoms with van der Waals surface area (Å²) in [7, 11) is 1.62. The van der Waals surface area contributed by atoms with Crippen molar-refractivity contribution in [2.75, 3.05) is 11.9 Å². The van der Waals surface area contributed by atoms with Crippen molar-refractivity contribution < 1.29 is 9.21 Å². The molecule has 2 aromatic rings. The minimum absolute atomic E-state index is 0.206. The number of H-pyrrole nitrogens is 1. The number of nitrogens with two attached hydrogens (primary N) is 1. The SMILES string of the molecule is CC(N)C(=O)N(C)c1ccc2[nH]c(=O)oc2c1. The first-order valence-electron chi connectivity index (χ1n) is 5.15. The van der Waals surface area contributed by atoms with Crippen molar-refractivity contribution in [2.45, 2.75) is 13.0 Å². The molecule has 1 atom stereocenters. The summed E-state index contributed by atoms with van der Waals surface area (Å²) in [6.45, 7) is 1.62. The Morgan fingerprint density at radius 1 is 1.53 bits per heavy atom. The number of amides is 1. The molecule has 0 bridgehead atoms. The smallest absolute Gasteiger partial charge is 0.408 e. The lowest BCUT2D eigenvalue weighted by molar-refractivity contribution is -0.119. The number of hydrogen-bond donors (Lipinski definition) is 2. The van der Waals surface area contributed by atoms with Crippen LogP contribution >= 0.6 is 0 Å². The quantitative estimate of drug-likeness (QED) is 0.789. The molecular formula is C11H13N3O3. The van der Waals surface area contributed by atoms with Gasteiger partial charge in [-0.25, -0.2) is 4.79 Å². The highest BCUT2D eigenvalue weighted by molar-refractivity contribution is 5.97. The zero-order chi connectivity index (χ0) is 12.6. The van der Waals surface area contributed by atoms with E-state index in [1.807, 2.05) is 0 Å². The van der Waals surface area contributed by atoms with Gasteiger partial charge in [0.15, 0.2) is 5.58 Å². The Labute approximate surface area is 97.0 Å². The monoisotopic (exact) mass is 235 g/mol. The Balaban J connectivity index is 2.42. The molecule has 0 radical (unpaired) electrons. The highest BCUT2D eigenvalue weighted by Crippen LogP contribution is 2.19. The molecule has 17 heavy (non-hydrogen) atoms. The number of oxazole rings is 1. The maximum atomic E-state index is 11.7. The first-order valence-corrected chi connectivity index (χ1v) is 5.15. The number of nitrogens with zero attached hydrogens (tertiary/aromatic N) is 1. The van der Waals surface area contributed by atoms with Crippen LogP contribution in [0.3, 0.4) is 0 Å². The summed E-state index contributed by atoms with van der Waals surface area (Å²) in [5.41, 5.74) is 7.16. The van der Waals surface area contributed by atoms with Gasteiger partial charge in [0.1, 0.15) is 0 Å². The highest BCUT2D eigenvalue weighted by Gasteiger charge is 2.15. The molecule has 3 N–H and O–H groups in total. The summed E-state index contributed by atoms with van der Waals surface area (Å²) in [6.07, 6.45) is 0. The number of rotatable bonds is 2. The third kappa shape index (κ3) is 2.07. The second-order valence-electron chi connectivity index (χ2n) is 3.88. The van der Waals surface area contributed by atoms with Crippen LogP contribution < -0.4 is 16.4 Å². The maximum Gasteiger partial charge on any atom is 0.417 e. The van der Waals surface area contributed by atoms with Crippen LogP contribution in [0.5, 0.6) is 0 Å². The minimum atomic E-state index is -0.575. The van der Waals surface area contributed by atoms with Gasteiger partial charge in [0.25, 0.3) is 0 Å². The van der Waals surface area contributed by atoms with Crippen LogP contribution in [0.15, 0.2) is 27.4 Å². The summed E-state index contributed by atoms with van der Waals surface area (Å²) in [5, 5.41) is 0. The largest absolute Gasteiger partial charge is 0.417 e. The average Bonchev–Trinajstić information content (AvgIpc) is 2.65. The van der Waals surface area contributed by atoms with Gasteiger partial charge in [-0.05, 0) is 19.1 Å². The molecule has 0 aliphatic carbocycles. The van der Waals surface area contributed by atoms with Gasteiger partial charge in [-0.2, -0.15) is 0 Å². The van der Waals surface area contributed by atoms with E-state index < -0.39 is 11.8 Å². The number of fused-ring (bicyclic) bond motifs is 1. The molecule has 6 heteroatoms. The van der Waals surface area contributed by atoms with Crippen LogP contribution in [0.1, 0.15) is 6.92 Å². The van der Waals surface area contributed by atoms with Crippen LogP contribution in [0.2, 0.25) is 0 Å². The molecule has 0 aliphatic rings. The normalized spacial score (nSPS) is 12.6. The molecule has 2 rings (SSSR count). The number of aromatic amines is 1. The van der Waals surface area contributed by atoms with E-state index in [-0.39, 0.29) is 5.91 Å². The molecule has 1 aromatic heterocycles. The van der Waals surface area contributed by atoms with E-state index in [1.165, 1.54) is 4.90 Å². The van der Waals surface area contributed by atoms with Crippen LogP contribution in [0, 0.1) is 0 Å². The Morgan fingerprint density at radius 2 is 2.24 bits per heavy atom. The van der Waals surface area contributed by atoms with Gasteiger partial charge in [0.2, 0.25) is 5.91 Å². The molecule has 6 nitrogen and oxygen atoms in total. The number of carbonyl (C=O) groups is 1. The van der Waals surface area contributed by atoms with Gasteiger partial charge < -0.3 is 15.1 Å². The third-order valence-electron chi connectivity index (χ3n) is 2.51. The fourth-order valence-corrected chi connectivity index (χ4v) is 1.58. The molecule has 0 saturated heterocycles. The van der Waals surface area contributed by atoms with Crippen molar-refractivity contribution >= 4 is 22.7 Å². The third-order valence-corrected chi connectivity index (χ3v) is 2.51. The molecule has 0 saturated carbocycles. The van der Waals surface area contributed by atoms with E-state index in [9.17, 15) is 9.59 Å². The van der Waals surface area contributed by atoms with Crippen molar-refractivity contribution in [3.63, 3.8) is 0 Å². The number of carbonyl (C=O) groups excluding carboxylic acids is 1. The van der Waals surface area contributed by atoms with Crippen molar-refractivity contribution in [1.29, 1.82) is 0 Å². The lowest BCUT2D eigenvalue weighted by atomic mass is 10.2. The average molecular weight is 235 g/mol. The van der Waals surface area contributed by atoms with Gasteiger partial charge in [-0.15, -0.1) is 0 Å². The van der Waals surface area contributed by atoms with Crippen molar-refractivity contribution in [3.05, 3.63) is 28.7 Å². The van der Waals surface area contributed by atoms with E-state index in [0.29, 0.717) is 16.8 Å². The van der Waals surface area contributed by atoms with Crippen LogP contribution in [-0.2, 0) is 4.79 Å². The van der Waals surface area contributed by atoms with Crippen molar-refractivity contribution in [1.82, 2.24) is 4.98 Å². The summed E-state index contributed by atoms with van der Waals surface area (Å²) in [6, 6.07) is 4.44. The number of anilines is 1. The second-order valence-corrected chi connectivity index (χ2v) is 3.88. The lowest BCUT2D eigenvalue weighted by Gasteiger charge is -2.19. The molecule has 0 aliphatic heterocycles. The van der Waals surface area contributed by atoms with Gasteiger partial charge in [-0.3, -0.25) is 9.78 Å². The topological polar surface area (TPSA) is 92.3 Å². The molecular weight excluding hydrogens is 222 g/mol.